The van der Waals surface area contributed by atoms with Gasteiger partial charge in [-0.15, -0.1) is 11.3 Å². The molecule has 10 aromatic rings. The average Bonchev–Trinajstić information content (AvgIpc) is 3.80. The molecule has 0 fully saturated rings. The average molecular weight is 661 g/mol. The highest BCUT2D eigenvalue weighted by Crippen LogP contribution is 2.43. The van der Waals surface area contributed by atoms with E-state index in [0.717, 1.165) is 65.4 Å². The lowest BCUT2D eigenvalue weighted by molar-refractivity contribution is 1.07. The quantitative estimate of drug-likeness (QED) is 0.184. The van der Waals surface area contributed by atoms with Crippen LogP contribution in [0.1, 0.15) is 5.48 Å². The molecule has 0 aliphatic rings. The summed E-state index contributed by atoms with van der Waals surface area (Å²) in [5.41, 5.74) is 7.71. The summed E-state index contributed by atoms with van der Waals surface area (Å²) < 4.78 is 37.9. The Hall–Kier alpha value is -6.43. The fraction of sp³-hybridized carbons (Fsp3) is 0. The number of nitrogens with zero attached hydrogens (tertiary/aromatic N) is 4. The van der Waals surface area contributed by atoms with E-state index < -0.39 is 0 Å². The largest absolute Gasteiger partial charge is 0.308 e. The minimum Gasteiger partial charge on any atom is -0.308 e. The zero-order chi connectivity index (χ0) is 36.5. The van der Waals surface area contributed by atoms with E-state index >= 15 is 0 Å². The Bertz CT molecular complexity index is 3050. The normalized spacial score (nSPS) is 12.7. The number of rotatable bonds is 5. The van der Waals surface area contributed by atoms with Crippen LogP contribution in [0.2, 0.25) is 0 Å². The third-order valence-corrected chi connectivity index (χ3v) is 10.3. The standard InChI is InChI=1S/C45H28N4S/c1-3-13-29(14-4-1)43-46-44(30-15-5-2-6-16-30)48-45(47-43)33-19-11-17-31(27-33)32-18-12-20-34(28-32)49-39-23-9-7-21-35(39)37-25-26-38-36-22-8-10-24-40(36)50-42(38)41(37)49/h1-28H/i8D,10D,22D,24D. The first kappa shape index (κ1) is 24.7. The van der Waals surface area contributed by atoms with Crippen molar-refractivity contribution in [2.75, 3.05) is 0 Å². The third-order valence-electron chi connectivity index (χ3n) is 9.17. The van der Waals surface area contributed by atoms with Crippen LogP contribution in [0, 0.1) is 0 Å². The van der Waals surface area contributed by atoms with Crippen molar-refractivity contribution >= 4 is 53.3 Å². The SMILES string of the molecule is [2H]c1c([2H])c([2H])c2c(sc3c2ccc2c4ccccc4n(-c4cccc(-c5cccc(-c6nc(-c7ccccc7)nc(-c7ccccc7)n6)c5)c4)c23)c1[2H]. The molecule has 0 saturated carbocycles. The minimum absolute atomic E-state index is 0.00477. The lowest BCUT2D eigenvalue weighted by Gasteiger charge is -2.12. The van der Waals surface area contributed by atoms with Crippen LogP contribution < -0.4 is 0 Å². The summed E-state index contributed by atoms with van der Waals surface area (Å²) in [6.45, 7) is 0. The van der Waals surface area contributed by atoms with Crippen LogP contribution >= 0.6 is 11.3 Å². The van der Waals surface area contributed by atoms with E-state index in [0.29, 0.717) is 27.6 Å². The molecule has 3 heterocycles. The maximum atomic E-state index is 8.77. The molecule has 234 valence electrons. The number of para-hydroxylation sites is 1. The van der Waals surface area contributed by atoms with Gasteiger partial charge in [0.15, 0.2) is 17.5 Å². The van der Waals surface area contributed by atoms with E-state index in [1.165, 1.54) is 11.3 Å². The number of benzene rings is 7. The molecule has 5 heteroatoms. The fourth-order valence-corrected chi connectivity index (χ4v) is 8.01. The van der Waals surface area contributed by atoms with Crippen LogP contribution in [0.25, 0.3) is 93.0 Å². The molecule has 0 bridgehead atoms. The van der Waals surface area contributed by atoms with Crippen molar-refractivity contribution in [3.8, 4) is 51.0 Å². The molecule has 7 aromatic carbocycles. The smallest absolute Gasteiger partial charge is 0.164 e. The lowest BCUT2D eigenvalue weighted by Crippen LogP contribution is -2.00. The molecule has 10 rings (SSSR count). The minimum atomic E-state index is -0.215. The summed E-state index contributed by atoms with van der Waals surface area (Å²) in [7, 11) is 0. The number of aromatic nitrogens is 4. The number of thiophene rings is 1. The predicted octanol–water partition coefficient (Wildman–Crippen LogP) is 12.0. The Morgan fingerprint density at radius 1 is 0.460 bits per heavy atom. The number of hydrogen-bond acceptors (Lipinski definition) is 4. The monoisotopic (exact) mass is 660 g/mol. The first-order valence-electron chi connectivity index (χ1n) is 18.4. The highest BCUT2D eigenvalue weighted by Gasteiger charge is 2.18. The van der Waals surface area contributed by atoms with E-state index in [4.69, 9.17) is 20.4 Å². The maximum Gasteiger partial charge on any atom is 0.164 e. The van der Waals surface area contributed by atoms with E-state index in [-0.39, 0.29) is 24.2 Å². The van der Waals surface area contributed by atoms with Gasteiger partial charge in [-0.3, -0.25) is 0 Å². The molecule has 0 radical (unpaired) electrons. The summed E-state index contributed by atoms with van der Waals surface area (Å²) in [4.78, 5) is 14.8. The van der Waals surface area contributed by atoms with Gasteiger partial charge < -0.3 is 4.57 Å². The summed E-state index contributed by atoms with van der Waals surface area (Å²) in [5.74, 6) is 1.81. The van der Waals surface area contributed by atoms with Gasteiger partial charge in [0.05, 0.1) is 21.2 Å². The second-order valence-electron chi connectivity index (χ2n) is 12.2. The van der Waals surface area contributed by atoms with Crippen LogP contribution in [-0.4, -0.2) is 19.5 Å². The first-order valence-corrected chi connectivity index (χ1v) is 17.2. The van der Waals surface area contributed by atoms with Crippen LogP contribution in [0.5, 0.6) is 0 Å². The molecule has 4 nitrogen and oxygen atoms in total. The summed E-state index contributed by atoms with van der Waals surface area (Å²) in [6, 6.07) is 48.6. The van der Waals surface area contributed by atoms with Gasteiger partial charge in [-0.1, -0.05) is 139 Å². The van der Waals surface area contributed by atoms with Crippen LogP contribution in [0.4, 0.5) is 0 Å². The molecule has 0 aliphatic carbocycles. The van der Waals surface area contributed by atoms with Gasteiger partial charge in [-0.05, 0) is 41.4 Å². The summed E-state index contributed by atoms with van der Waals surface area (Å²) >= 11 is 1.43. The summed E-state index contributed by atoms with van der Waals surface area (Å²) in [5, 5.41) is 3.54. The highest BCUT2D eigenvalue weighted by molar-refractivity contribution is 7.26. The first-order chi connectivity index (χ1) is 26.4. The van der Waals surface area contributed by atoms with E-state index in [1.807, 2.05) is 91.0 Å². The number of hydrogen-bond donors (Lipinski definition) is 0. The highest BCUT2D eigenvalue weighted by atomic mass is 32.1. The van der Waals surface area contributed by atoms with Gasteiger partial charge in [0, 0.05) is 48.6 Å². The maximum absolute atomic E-state index is 8.77. The van der Waals surface area contributed by atoms with E-state index in [9.17, 15) is 0 Å². The van der Waals surface area contributed by atoms with Gasteiger partial charge in [0.1, 0.15) is 0 Å². The van der Waals surface area contributed by atoms with Crippen molar-refractivity contribution in [3.63, 3.8) is 0 Å². The van der Waals surface area contributed by atoms with Gasteiger partial charge in [-0.25, -0.2) is 15.0 Å². The number of fused-ring (bicyclic) bond motifs is 7. The van der Waals surface area contributed by atoms with Crippen molar-refractivity contribution in [1.29, 1.82) is 0 Å². The lowest BCUT2D eigenvalue weighted by atomic mass is 10.0. The molecule has 0 atom stereocenters. The molecular formula is C45H28N4S. The van der Waals surface area contributed by atoms with Crippen LogP contribution in [0.3, 0.4) is 0 Å². The van der Waals surface area contributed by atoms with Gasteiger partial charge in [0.2, 0.25) is 0 Å². The molecule has 0 N–H and O–H groups in total. The second kappa shape index (κ2) is 11.6. The zero-order valence-electron chi connectivity index (χ0n) is 30.6. The van der Waals surface area contributed by atoms with Crippen molar-refractivity contribution < 1.29 is 5.48 Å². The molecule has 0 spiro atoms. The Morgan fingerprint density at radius 3 is 1.80 bits per heavy atom. The van der Waals surface area contributed by atoms with Gasteiger partial charge in [0.25, 0.3) is 0 Å². The Kier molecular flexibility index (Phi) is 5.73. The Balaban J connectivity index is 1.15. The molecule has 0 unspecified atom stereocenters. The molecular weight excluding hydrogens is 629 g/mol. The Labute approximate surface area is 298 Å². The molecule has 50 heavy (non-hydrogen) atoms. The van der Waals surface area contributed by atoms with Gasteiger partial charge in [-0.2, -0.15) is 0 Å². The van der Waals surface area contributed by atoms with Crippen molar-refractivity contribution in [2.45, 2.75) is 0 Å². The van der Waals surface area contributed by atoms with Crippen molar-refractivity contribution in [2.24, 2.45) is 0 Å². The van der Waals surface area contributed by atoms with Crippen molar-refractivity contribution in [3.05, 3.63) is 170 Å². The predicted molar refractivity (Wildman–Crippen MR) is 209 cm³/mol. The summed E-state index contributed by atoms with van der Waals surface area (Å²) in [6.07, 6.45) is 0. The topological polar surface area (TPSA) is 43.6 Å². The second-order valence-corrected chi connectivity index (χ2v) is 13.2. The molecule has 3 aromatic heterocycles. The molecule has 0 saturated heterocycles. The van der Waals surface area contributed by atoms with Crippen LogP contribution in [-0.2, 0) is 0 Å². The van der Waals surface area contributed by atoms with Gasteiger partial charge >= 0.3 is 0 Å². The van der Waals surface area contributed by atoms with Crippen LogP contribution in [0.15, 0.2) is 170 Å². The van der Waals surface area contributed by atoms with E-state index in [2.05, 4.69) is 59.2 Å². The third kappa shape index (κ3) is 4.71. The fourth-order valence-electron chi connectivity index (χ4n) is 6.87. The molecule has 0 amide bonds. The van der Waals surface area contributed by atoms with Crippen molar-refractivity contribution in [1.82, 2.24) is 19.5 Å². The Morgan fingerprint density at radius 2 is 1.04 bits per heavy atom. The molecule has 0 aliphatic heterocycles. The van der Waals surface area contributed by atoms with E-state index in [1.54, 1.807) is 0 Å². The zero-order valence-corrected chi connectivity index (χ0v) is 27.4.